The van der Waals surface area contributed by atoms with Crippen LogP contribution in [-0.2, 0) is 0 Å². The summed E-state index contributed by atoms with van der Waals surface area (Å²) in [6.45, 7) is 6.09. The second-order valence-corrected chi connectivity index (χ2v) is 2.60. The summed E-state index contributed by atoms with van der Waals surface area (Å²) in [6, 6.07) is 0. The van der Waals surface area contributed by atoms with Crippen molar-refractivity contribution < 1.29 is 0 Å². The van der Waals surface area contributed by atoms with Gasteiger partial charge in [0.25, 0.3) is 0 Å². The van der Waals surface area contributed by atoms with Gasteiger partial charge in [-0.15, -0.1) is 0 Å². The van der Waals surface area contributed by atoms with E-state index in [0.717, 1.165) is 4.99 Å². The van der Waals surface area contributed by atoms with E-state index in [2.05, 4.69) is 19.2 Å². The van der Waals surface area contributed by atoms with Gasteiger partial charge in [0.1, 0.15) is 0 Å². The molecule has 0 bridgehead atoms. The SMILES string of the molecule is C/C=C\NC(=S)C(C)C. The van der Waals surface area contributed by atoms with Crippen molar-refractivity contribution in [2.45, 2.75) is 20.8 Å². The largest absolute Gasteiger partial charge is 0.356 e. The Morgan fingerprint density at radius 2 is 2.11 bits per heavy atom. The molecule has 0 rings (SSSR count). The smallest absolute Gasteiger partial charge is 0.0818 e. The van der Waals surface area contributed by atoms with Gasteiger partial charge in [-0.2, -0.15) is 0 Å². The zero-order valence-electron chi connectivity index (χ0n) is 6.14. The van der Waals surface area contributed by atoms with Crippen molar-refractivity contribution in [3.63, 3.8) is 0 Å². The molecule has 0 aliphatic rings. The standard InChI is InChI=1S/C7H13NS/c1-4-5-8-7(9)6(2)3/h4-6H,1-3H3,(H,8,9)/b5-4-. The molecule has 2 heteroatoms. The number of hydrogen-bond acceptors (Lipinski definition) is 1. The van der Waals surface area contributed by atoms with Crippen LogP contribution in [0.15, 0.2) is 12.3 Å². The molecular formula is C7H13NS. The summed E-state index contributed by atoms with van der Waals surface area (Å²) in [7, 11) is 0. The van der Waals surface area contributed by atoms with Crippen LogP contribution < -0.4 is 5.32 Å². The molecule has 0 saturated heterocycles. The lowest BCUT2D eigenvalue weighted by Crippen LogP contribution is -2.19. The number of nitrogens with one attached hydrogen (secondary N) is 1. The summed E-state index contributed by atoms with van der Waals surface area (Å²) >= 11 is 4.98. The van der Waals surface area contributed by atoms with Gasteiger partial charge >= 0.3 is 0 Å². The van der Waals surface area contributed by atoms with Crippen molar-refractivity contribution >= 4 is 17.2 Å². The molecule has 0 atom stereocenters. The van der Waals surface area contributed by atoms with Crippen LogP contribution in [0, 0.1) is 5.92 Å². The minimum atomic E-state index is 0.441. The van der Waals surface area contributed by atoms with E-state index in [1.165, 1.54) is 0 Å². The lowest BCUT2D eigenvalue weighted by atomic mass is 10.2. The fourth-order valence-electron chi connectivity index (χ4n) is 0.332. The summed E-state index contributed by atoms with van der Waals surface area (Å²) in [5.41, 5.74) is 0. The molecule has 0 radical (unpaired) electrons. The molecule has 0 spiro atoms. The van der Waals surface area contributed by atoms with Crippen LogP contribution in [0.4, 0.5) is 0 Å². The van der Waals surface area contributed by atoms with Gasteiger partial charge in [-0.1, -0.05) is 32.1 Å². The Hall–Kier alpha value is -0.370. The van der Waals surface area contributed by atoms with Crippen LogP contribution in [-0.4, -0.2) is 4.99 Å². The first kappa shape index (κ1) is 8.63. The van der Waals surface area contributed by atoms with Gasteiger partial charge in [-0.25, -0.2) is 0 Å². The number of thiocarbonyl (C=S) groups is 1. The van der Waals surface area contributed by atoms with Crippen molar-refractivity contribution in [3.05, 3.63) is 12.3 Å². The van der Waals surface area contributed by atoms with Gasteiger partial charge in [-0.05, 0) is 13.1 Å². The van der Waals surface area contributed by atoms with Gasteiger partial charge in [0.15, 0.2) is 0 Å². The Balaban J connectivity index is 3.51. The number of hydrogen-bond donors (Lipinski definition) is 1. The highest BCUT2D eigenvalue weighted by Crippen LogP contribution is 1.92. The molecule has 0 fully saturated rings. The first-order valence-electron chi connectivity index (χ1n) is 3.10. The summed E-state index contributed by atoms with van der Waals surface area (Å²) in [4.78, 5) is 0.896. The summed E-state index contributed by atoms with van der Waals surface area (Å²) < 4.78 is 0. The maximum Gasteiger partial charge on any atom is 0.0818 e. The van der Waals surface area contributed by atoms with Crippen molar-refractivity contribution in [1.29, 1.82) is 0 Å². The van der Waals surface area contributed by atoms with Crippen LogP contribution in [0.3, 0.4) is 0 Å². The van der Waals surface area contributed by atoms with Crippen molar-refractivity contribution in [2.24, 2.45) is 5.92 Å². The molecular weight excluding hydrogens is 130 g/mol. The van der Waals surface area contributed by atoms with E-state index in [1.54, 1.807) is 0 Å². The fourth-order valence-corrected chi connectivity index (χ4v) is 0.400. The quantitative estimate of drug-likeness (QED) is 0.594. The number of rotatable bonds is 2. The molecule has 0 unspecified atom stereocenters. The first-order valence-corrected chi connectivity index (χ1v) is 3.51. The van der Waals surface area contributed by atoms with Crippen LogP contribution in [0.2, 0.25) is 0 Å². The van der Waals surface area contributed by atoms with Gasteiger partial charge in [-0.3, -0.25) is 0 Å². The molecule has 0 heterocycles. The van der Waals surface area contributed by atoms with E-state index in [4.69, 9.17) is 12.2 Å². The van der Waals surface area contributed by atoms with E-state index in [1.807, 2.05) is 19.2 Å². The van der Waals surface area contributed by atoms with Crippen molar-refractivity contribution in [3.8, 4) is 0 Å². The molecule has 0 aromatic heterocycles. The molecule has 0 aromatic carbocycles. The average molecular weight is 143 g/mol. The highest BCUT2D eigenvalue weighted by atomic mass is 32.1. The zero-order chi connectivity index (χ0) is 7.28. The Bertz CT molecular complexity index is 116. The third-order valence-electron chi connectivity index (χ3n) is 0.917. The van der Waals surface area contributed by atoms with E-state index in [9.17, 15) is 0 Å². The third kappa shape index (κ3) is 4.15. The van der Waals surface area contributed by atoms with Crippen LogP contribution in [0.1, 0.15) is 20.8 Å². The Labute approximate surface area is 62.1 Å². The second kappa shape index (κ2) is 4.50. The van der Waals surface area contributed by atoms with Crippen LogP contribution in [0.5, 0.6) is 0 Å². The average Bonchev–Trinajstić information content (AvgIpc) is 1.82. The molecule has 0 aliphatic heterocycles. The summed E-state index contributed by atoms with van der Waals surface area (Å²) in [6.07, 6.45) is 3.77. The minimum Gasteiger partial charge on any atom is -0.356 e. The highest BCUT2D eigenvalue weighted by molar-refractivity contribution is 7.80. The lowest BCUT2D eigenvalue weighted by molar-refractivity contribution is 0.870. The molecule has 1 N–H and O–H groups in total. The molecule has 0 saturated carbocycles. The van der Waals surface area contributed by atoms with Crippen molar-refractivity contribution in [1.82, 2.24) is 5.32 Å². The molecule has 9 heavy (non-hydrogen) atoms. The van der Waals surface area contributed by atoms with Gasteiger partial charge in [0.2, 0.25) is 0 Å². The predicted molar refractivity (Wildman–Crippen MR) is 45.4 cm³/mol. The molecule has 0 amide bonds. The first-order chi connectivity index (χ1) is 4.18. The monoisotopic (exact) mass is 143 g/mol. The summed E-state index contributed by atoms with van der Waals surface area (Å²) in [5.74, 6) is 0.441. The van der Waals surface area contributed by atoms with Gasteiger partial charge < -0.3 is 5.32 Å². The molecule has 0 aromatic rings. The highest BCUT2D eigenvalue weighted by Gasteiger charge is 1.96. The van der Waals surface area contributed by atoms with E-state index in [-0.39, 0.29) is 0 Å². The zero-order valence-corrected chi connectivity index (χ0v) is 6.96. The molecule has 52 valence electrons. The second-order valence-electron chi connectivity index (χ2n) is 2.16. The van der Waals surface area contributed by atoms with Crippen LogP contribution >= 0.6 is 12.2 Å². The van der Waals surface area contributed by atoms with Gasteiger partial charge in [0.05, 0.1) is 4.99 Å². The normalized spacial score (nSPS) is 10.7. The Morgan fingerprint density at radius 3 is 2.44 bits per heavy atom. The predicted octanol–water partition coefficient (Wildman–Crippen LogP) is 2.09. The topological polar surface area (TPSA) is 12.0 Å². The van der Waals surface area contributed by atoms with Crippen molar-refractivity contribution in [2.75, 3.05) is 0 Å². The van der Waals surface area contributed by atoms with Crippen LogP contribution in [0.25, 0.3) is 0 Å². The van der Waals surface area contributed by atoms with E-state index >= 15 is 0 Å². The Kier molecular flexibility index (Phi) is 4.32. The minimum absolute atomic E-state index is 0.441. The number of allylic oxidation sites excluding steroid dienone is 1. The van der Waals surface area contributed by atoms with E-state index < -0.39 is 0 Å². The molecule has 0 aliphatic carbocycles. The third-order valence-corrected chi connectivity index (χ3v) is 1.51. The fraction of sp³-hybridized carbons (Fsp3) is 0.571. The van der Waals surface area contributed by atoms with Gasteiger partial charge in [0, 0.05) is 5.92 Å². The summed E-state index contributed by atoms with van der Waals surface area (Å²) in [5, 5.41) is 2.98. The maximum atomic E-state index is 4.98. The molecule has 1 nitrogen and oxygen atoms in total. The Morgan fingerprint density at radius 1 is 1.56 bits per heavy atom. The lowest BCUT2D eigenvalue weighted by Gasteiger charge is -2.04. The van der Waals surface area contributed by atoms with E-state index in [0.29, 0.717) is 5.92 Å². The maximum absolute atomic E-state index is 4.98.